The zero-order valence-corrected chi connectivity index (χ0v) is 16.5. The average molecular weight is 418 g/mol. The first-order valence-electron chi connectivity index (χ1n) is 8.82. The SMILES string of the molecule is Cl.O=C(NCCN1CCNCC1)C1CCCN1C(=O)c1ccc([N+](=O)[O-])s1. The van der Waals surface area contributed by atoms with E-state index in [1.807, 2.05) is 0 Å². The Labute approximate surface area is 167 Å². The first kappa shape index (κ1) is 21.5. The molecule has 11 heteroatoms. The van der Waals surface area contributed by atoms with Gasteiger partial charge in [0.1, 0.15) is 6.04 Å². The molecule has 0 radical (unpaired) electrons. The Kier molecular flexibility index (Phi) is 7.96. The minimum atomic E-state index is -0.508. The summed E-state index contributed by atoms with van der Waals surface area (Å²) < 4.78 is 0. The van der Waals surface area contributed by atoms with E-state index in [1.54, 1.807) is 0 Å². The number of rotatable bonds is 6. The molecule has 0 aromatic carbocycles. The number of amides is 2. The molecule has 9 nitrogen and oxygen atoms in total. The number of hydrogen-bond donors (Lipinski definition) is 2. The van der Waals surface area contributed by atoms with Crippen LogP contribution in [0.4, 0.5) is 5.00 Å². The fraction of sp³-hybridized carbons (Fsp3) is 0.625. The summed E-state index contributed by atoms with van der Waals surface area (Å²) in [5.41, 5.74) is 0. The molecule has 0 saturated carbocycles. The second-order valence-corrected chi connectivity index (χ2v) is 7.50. The van der Waals surface area contributed by atoms with E-state index in [1.165, 1.54) is 17.0 Å². The normalized spacial score (nSPS) is 20.1. The van der Waals surface area contributed by atoms with Gasteiger partial charge >= 0.3 is 5.00 Å². The number of halogens is 1. The maximum atomic E-state index is 12.6. The molecule has 27 heavy (non-hydrogen) atoms. The second-order valence-electron chi connectivity index (χ2n) is 6.43. The summed E-state index contributed by atoms with van der Waals surface area (Å²) in [5, 5.41) is 17.0. The van der Waals surface area contributed by atoms with Crippen LogP contribution in [0.15, 0.2) is 12.1 Å². The van der Waals surface area contributed by atoms with E-state index in [0.29, 0.717) is 24.4 Å². The fourth-order valence-electron chi connectivity index (χ4n) is 3.35. The van der Waals surface area contributed by atoms with Gasteiger partial charge in [-0.25, -0.2) is 0 Å². The van der Waals surface area contributed by atoms with Crippen LogP contribution < -0.4 is 10.6 Å². The van der Waals surface area contributed by atoms with E-state index < -0.39 is 11.0 Å². The molecular weight excluding hydrogens is 394 g/mol. The molecule has 2 aliphatic rings. The Morgan fingerprint density at radius 3 is 2.70 bits per heavy atom. The lowest BCUT2D eigenvalue weighted by Gasteiger charge is -2.28. The maximum absolute atomic E-state index is 12.6. The summed E-state index contributed by atoms with van der Waals surface area (Å²) in [4.78, 5) is 39.6. The fourth-order valence-corrected chi connectivity index (χ4v) is 4.13. The van der Waals surface area contributed by atoms with E-state index in [9.17, 15) is 19.7 Å². The molecule has 0 bridgehead atoms. The molecule has 1 atom stereocenters. The second kappa shape index (κ2) is 9.98. The average Bonchev–Trinajstić information content (AvgIpc) is 3.32. The minimum absolute atomic E-state index is 0. The van der Waals surface area contributed by atoms with Gasteiger partial charge in [0.05, 0.1) is 9.80 Å². The Hall–Kier alpha value is -1.75. The Morgan fingerprint density at radius 2 is 2.04 bits per heavy atom. The van der Waals surface area contributed by atoms with Gasteiger partial charge in [-0.3, -0.25) is 24.6 Å². The van der Waals surface area contributed by atoms with Gasteiger partial charge in [0.25, 0.3) is 5.91 Å². The minimum Gasteiger partial charge on any atom is -0.353 e. The summed E-state index contributed by atoms with van der Waals surface area (Å²) in [5.74, 6) is -0.445. The molecular formula is C16H24ClN5O4S. The predicted octanol–water partition coefficient (Wildman–Crippen LogP) is 0.704. The zero-order valence-electron chi connectivity index (χ0n) is 14.9. The highest BCUT2D eigenvalue weighted by molar-refractivity contribution is 7.17. The largest absolute Gasteiger partial charge is 0.353 e. The van der Waals surface area contributed by atoms with E-state index in [2.05, 4.69) is 15.5 Å². The Morgan fingerprint density at radius 1 is 1.30 bits per heavy atom. The summed E-state index contributed by atoms with van der Waals surface area (Å²) in [6.07, 6.45) is 1.38. The van der Waals surface area contributed by atoms with Crippen LogP contribution in [0, 0.1) is 10.1 Å². The van der Waals surface area contributed by atoms with Crippen molar-refractivity contribution in [3.05, 3.63) is 27.1 Å². The van der Waals surface area contributed by atoms with Gasteiger partial charge in [-0.2, -0.15) is 0 Å². The van der Waals surface area contributed by atoms with Crippen molar-refractivity contribution >= 4 is 40.6 Å². The van der Waals surface area contributed by atoms with E-state index >= 15 is 0 Å². The number of thiophene rings is 1. The summed E-state index contributed by atoms with van der Waals surface area (Å²) >= 11 is 0.852. The van der Waals surface area contributed by atoms with Crippen molar-refractivity contribution in [2.45, 2.75) is 18.9 Å². The molecule has 1 aromatic heterocycles. The van der Waals surface area contributed by atoms with Gasteiger partial charge in [-0.1, -0.05) is 11.3 Å². The summed E-state index contributed by atoms with van der Waals surface area (Å²) in [7, 11) is 0. The van der Waals surface area contributed by atoms with Gasteiger partial charge in [-0.05, 0) is 18.9 Å². The first-order chi connectivity index (χ1) is 12.6. The van der Waals surface area contributed by atoms with E-state index in [-0.39, 0.29) is 29.2 Å². The lowest BCUT2D eigenvalue weighted by Crippen LogP contribution is -2.49. The number of carbonyl (C=O) groups is 2. The van der Waals surface area contributed by atoms with Crippen molar-refractivity contribution in [2.24, 2.45) is 0 Å². The maximum Gasteiger partial charge on any atom is 0.324 e. The van der Waals surface area contributed by atoms with Gasteiger partial charge in [0.15, 0.2) is 0 Å². The standard InChI is InChI=1S/C16H23N5O4S.ClH/c22-15(18-7-11-19-9-5-17-6-10-19)12-2-1-8-20(12)16(23)13-3-4-14(26-13)21(24)25;/h3-4,12,17H,1-2,5-11H2,(H,18,22);1H. The molecule has 2 N–H and O–H groups in total. The number of nitrogens with zero attached hydrogens (tertiary/aromatic N) is 3. The smallest absolute Gasteiger partial charge is 0.324 e. The van der Waals surface area contributed by atoms with Crippen LogP contribution in [-0.4, -0.2) is 78.4 Å². The third kappa shape index (κ3) is 5.38. The van der Waals surface area contributed by atoms with Crippen molar-refractivity contribution in [3.63, 3.8) is 0 Å². The number of likely N-dealkylation sites (tertiary alicyclic amines) is 1. The van der Waals surface area contributed by atoms with Crippen molar-refractivity contribution in [1.82, 2.24) is 20.4 Å². The Balaban J connectivity index is 0.00000261. The highest BCUT2D eigenvalue weighted by atomic mass is 35.5. The third-order valence-electron chi connectivity index (χ3n) is 4.74. The van der Waals surface area contributed by atoms with Crippen LogP contribution in [0.5, 0.6) is 0 Å². The predicted molar refractivity (Wildman–Crippen MR) is 105 cm³/mol. The van der Waals surface area contributed by atoms with Gasteiger partial charge < -0.3 is 15.5 Å². The van der Waals surface area contributed by atoms with Crippen LogP contribution >= 0.6 is 23.7 Å². The van der Waals surface area contributed by atoms with Crippen LogP contribution in [0.2, 0.25) is 0 Å². The van der Waals surface area contributed by atoms with Crippen molar-refractivity contribution in [2.75, 3.05) is 45.8 Å². The first-order valence-corrected chi connectivity index (χ1v) is 9.64. The van der Waals surface area contributed by atoms with Gasteiger partial charge in [-0.15, -0.1) is 12.4 Å². The molecule has 3 rings (SSSR count). The highest BCUT2D eigenvalue weighted by Gasteiger charge is 2.35. The molecule has 0 spiro atoms. The summed E-state index contributed by atoms with van der Waals surface area (Å²) in [6, 6.07) is 2.30. The number of nitrogens with one attached hydrogen (secondary N) is 2. The van der Waals surface area contributed by atoms with E-state index in [4.69, 9.17) is 0 Å². The van der Waals surface area contributed by atoms with Gasteiger partial charge in [0.2, 0.25) is 5.91 Å². The number of carbonyl (C=O) groups excluding carboxylic acids is 2. The van der Waals surface area contributed by atoms with Crippen LogP contribution in [-0.2, 0) is 4.79 Å². The zero-order chi connectivity index (χ0) is 18.5. The topological polar surface area (TPSA) is 108 Å². The van der Waals surface area contributed by atoms with E-state index in [0.717, 1.165) is 50.5 Å². The number of hydrogen-bond acceptors (Lipinski definition) is 7. The number of nitro groups is 1. The van der Waals surface area contributed by atoms with Crippen molar-refractivity contribution in [3.8, 4) is 0 Å². The molecule has 2 fully saturated rings. The molecule has 1 unspecified atom stereocenters. The molecule has 2 aliphatic heterocycles. The van der Waals surface area contributed by atoms with Crippen LogP contribution in [0.1, 0.15) is 22.5 Å². The van der Waals surface area contributed by atoms with Gasteiger partial charge in [0, 0.05) is 51.9 Å². The van der Waals surface area contributed by atoms with Crippen molar-refractivity contribution in [1.29, 1.82) is 0 Å². The monoisotopic (exact) mass is 417 g/mol. The quantitative estimate of drug-likeness (QED) is 0.521. The van der Waals surface area contributed by atoms with Crippen LogP contribution in [0.3, 0.4) is 0 Å². The third-order valence-corrected chi connectivity index (χ3v) is 5.76. The van der Waals surface area contributed by atoms with Crippen molar-refractivity contribution < 1.29 is 14.5 Å². The molecule has 150 valence electrons. The Bertz CT molecular complexity index is 680. The molecule has 2 amide bonds. The number of piperazine rings is 1. The molecule has 3 heterocycles. The van der Waals surface area contributed by atoms with Crippen LogP contribution in [0.25, 0.3) is 0 Å². The molecule has 1 aromatic rings. The lowest BCUT2D eigenvalue weighted by atomic mass is 10.2. The lowest BCUT2D eigenvalue weighted by molar-refractivity contribution is -0.380. The summed E-state index contributed by atoms with van der Waals surface area (Å²) in [6.45, 7) is 5.73. The molecule has 2 saturated heterocycles. The highest BCUT2D eigenvalue weighted by Crippen LogP contribution is 2.28. The molecule has 0 aliphatic carbocycles.